The molecule has 0 unspecified atom stereocenters. The van der Waals surface area contributed by atoms with Crippen LogP contribution in [0.25, 0.3) is 6.08 Å². The van der Waals surface area contributed by atoms with Crippen molar-refractivity contribution in [1.29, 1.82) is 0 Å². The van der Waals surface area contributed by atoms with Gasteiger partial charge >= 0.3 is 0 Å². The van der Waals surface area contributed by atoms with Crippen LogP contribution in [0, 0.1) is 5.41 Å². The first-order valence-electron chi connectivity index (χ1n) is 8.85. The fourth-order valence-electron chi connectivity index (χ4n) is 4.61. The Labute approximate surface area is 142 Å². The van der Waals surface area contributed by atoms with Crippen LogP contribution in [0.3, 0.4) is 0 Å². The number of benzene rings is 1. The molecular weight excluding hydrogens is 300 g/mol. The van der Waals surface area contributed by atoms with E-state index in [2.05, 4.69) is 25.2 Å². The molecule has 1 aromatic rings. The summed E-state index contributed by atoms with van der Waals surface area (Å²) in [4.78, 5) is 27.8. The summed E-state index contributed by atoms with van der Waals surface area (Å²) in [6.07, 6.45) is 5.40. The lowest BCUT2D eigenvalue weighted by Crippen LogP contribution is -2.68. The van der Waals surface area contributed by atoms with Crippen LogP contribution in [0.2, 0.25) is 0 Å². The molecule has 3 fully saturated rings. The van der Waals surface area contributed by atoms with Crippen molar-refractivity contribution in [3.05, 3.63) is 41.5 Å². The Bertz CT molecular complexity index is 722. The van der Waals surface area contributed by atoms with Gasteiger partial charge in [0, 0.05) is 6.54 Å². The van der Waals surface area contributed by atoms with Crippen molar-refractivity contribution < 1.29 is 9.59 Å². The molecule has 1 aromatic carbocycles. The van der Waals surface area contributed by atoms with Crippen molar-refractivity contribution in [3.63, 3.8) is 0 Å². The Kier molecular flexibility index (Phi) is 3.34. The van der Waals surface area contributed by atoms with E-state index in [1.165, 1.54) is 0 Å². The Balaban J connectivity index is 1.82. The van der Waals surface area contributed by atoms with Crippen LogP contribution >= 0.6 is 0 Å². The molecule has 1 aliphatic carbocycles. The molecule has 2 amide bonds. The molecule has 3 aliphatic rings. The minimum atomic E-state index is -0.850. The van der Waals surface area contributed by atoms with Crippen molar-refractivity contribution in [3.8, 4) is 0 Å². The summed E-state index contributed by atoms with van der Waals surface area (Å²) in [5.41, 5.74) is 1.17. The third kappa shape index (κ3) is 2.12. The molecule has 4 nitrogen and oxygen atoms in total. The van der Waals surface area contributed by atoms with Gasteiger partial charge in [0.2, 0.25) is 5.91 Å². The predicted octanol–water partition coefficient (Wildman–Crippen LogP) is 2.75. The van der Waals surface area contributed by atoms with E-state index in [9.17, 15) is 9.59 Å². The number of hydrogen-bond donors (Lipinski definition) is 1. The molecule has 1 spiro atoms. The third-order valence-corrected chi connectivity index (χ3v) is 5.94. The average molecular weight is 324 g/mol. The number of rotatable bonds is 1. The highest BCUT2D eigenvalue weighted by Gasteiger charge is 2.59. The number of carbonyl (C=O) groups excluding carboxylic acids is 2. The smallest absolute Gasteiger partial charge is 0.253 e. The lowest BCUT2D eigenvalue weighted by Gasteiger charge is -2.43. The van der Waals surface area contributed by atoms with Crippen LogP contribution in [0.5, 0.6) is 0 Å². The Morgan fingerprint density at radius 2 is 1.92 bits per heavy atom. The Hall–Kier alpha value is -2.10. The summed E-state index contributed by atoms with van der Waals surface area (Å²) >= 11 is 0. The summed E-state index contributed by atoms with van der Waals surface area (Å²) in [5.74, 6) is 0.112. The topological polar surface area (TPSA) is 49.4 Å². The zero-order valence-electron chi connectivity index (χ0n) is 14.3. The van der Waals surface area contributed by atoms with E-state index in [1.54, 1.807) is 0 Å². The van der Waals surface area contributed by atoms with E-state index in [0.29, 0.717) is 13.0 Å². The molecule has 2 heterocycles. The van der Waals surface area contributed by atoms with Gasteiger partial charge in [0.1, 0.15) is 11.6 Å². The van der Waals surface area contributed by atoms with E-state index in [4.69, 9.17) is 0 Å². The van der Waals surface area contributed by atoms with E-state index >= 15 is 0 Å². The second-order valence-electron chi connectivity index (χ2n) is 7.90. The van der Waals surface area contributed by atoms with Crippen LogP contribution in [0.4, 0.5) is 0 Å². The SMILES string of the molecule is CC1(C)CC[C@]2(NC(=O)[C@@H]3CCCN3C2=O)/C1=C\c1ccccc1. The standard InChI is InChI=1S/C20H24N2O2/c1-19(2)10-11-20(16(19)13-14-7-4-3-5-8-14)18(24)22-12-6-9-15(22)17(23)21-20/h3-5,7-8,13,15H,6,9-12H2,1-2H3,(H,21,23)/b16-13-/t15-,20-/m0/s1. The maximum absolute atomic E-state index is 13.3. The Morgan fingerprint density at radius 3 is 2.67 bits per heavy atom. The van der Waals surface area contributed by atoms with Gasteiger partial charge in [-0.15, -0.1) is 0 Å². The number of amides is 2. The molecule has 4 heteroatoms. The number of nitrogens with one attached hydrogen (secondary N) is 1. The predicted molar refractivity (Wildman–Crippen MR) is 93.0 cm³/mol. The summed E-state index contributed by atoms with van der Waals surface area (Å²) in [6, 6.07) is 9.81. The molecule has 0 bridgehead atoms. The molecular formula is C20H24N2O2. The Morgan fingerprint density at radius 1 is 1.17 bits per heavy atom. The molecule has 4 rings (SSSR count). The fraction of sp³-hybridized carbons (Fsp3) is 0.500. The molecule has 126 valence electrons. The van der Waals surface area contributed by atoms with Gasteiger partial charge in [-0.05, 0) is 42.2 Å². The maximum Gasteiger partial charge on any atom is 0.253 e. The molecule has 2 saturated heterocycles. The summed E-state index contributed by atoms with van der Waals surface area (Å²) in [7, 11) is 0. The summed E-state index contributed by atoms with van der Waals surface area (Å²) in [6.45, 7) is 5.05. The van der Waals surface area contributed by atoms with E-state index in [-0.39, 0.29) is 23.3 Å². The molecule has 2 atom stereocenters. The van der Waals surface area contributed by atoms with Gasteiger partial charge in [-0.3, -0.25) is 9.59 Å². The van der Waals surface area contributed by atoms with Crippen molar-refractivity contribution in [1.82, 2.24) is 10.2 Å². The number of piperazine rings is 1. The van der Waals surface area contributed by atoms with Crippen LogP contribution in [-0.4, -0.2) is 34.8 Å². The van der Waals surface area contributed by atoms with Gasteiger partial charge in [0.05, 0.1) is 0 Å². The molecule has 1 saturated carbocycles. The number of carbonyl (C=O) groups is 2. The highest BCUT2D eigenvalue weighted by Crippen LogP contribution is 2.51. The van der Waals surface area contributed by atoms with E-state index in [1.807, 2.05) is 35.2 Å². The molecule has 1 N–H and O–H groups in total. The quantitative estimate of drug-likeness (QED) is 0.863. The second kappa shape index (κ2) is 5.20. The third-order valence-electron chi connectivity index (χ3n) is 5.94. The fourth-order valence-corrected chi connectivity index (χ4v) is 4.61. The largest absolute Gasteiger partial charge is 0.336 e. The number of nitrogens with zero attached hydrogens (tertiary/aromatic N) is 1. The average Bonchev–Trinajstić information content (AvgIpc) is 3.14. The lowest BCUT2D eigenvalue weighted by molar-refractivity contribution is -0.150. The lowest BCUT2D eigenvalue weighted by atomic mass is 9.78. The first-order chi connectivity index (χ1) is 11.4. The zero-order chi connectivity index (χ0) is 16.9. The summed E-state index contributed by atoms with van der Waals surface area (Å²) < 4.78 is 0. The number of hydrogen-bond acceptors (Lipinski definition) is 2. The van der Waals surface area contributed by atoms with Crippen LogP contribution in [-0.2, 0) is 9.59 Å². The monoisotopic (exact) mass is 324 g/mol. The number of fused-ring (bicyclic) bond motifs is 1. The van der Waals surface area contributed by atoms with Crippen molar-refractivity contribution in [2.45, 2.75) is 51.1 Å². The highest BCUT2D eigenvalue weighted by atomic mass is 16.2. The zero-order valence-corrected chi connectivity index (χ0v) is 14.3. The van der Waals surface area contributed by atoms with Gasteiger partial charge in [0.15, 0.2) is 0 Å². The van der Waals surface area contributed by atoms with Gasteiger partial charge in [-0.25, -0.2) is 0 Å². The minimum Gasteiger partial charge on any atom is -0.336 e. The molecule has 2 aliphatic heterocycles. The van der Waals surface area contributed by atoms with E-state index < -0.39 is 5.54 Å². The van der Waals surface area contributed by atoms with Crippen molar-refractivity contribution in [2.75, 3.05) is 6.54 Å². The normalized spacial score (nSPS) is 33.2. The van der Waals surface area contributed by atoms with E-state index in [0.717, 1.165) is 30.4 Å². The van der Waals surface area contributed by atoms with Crippen LogP contribution in [0.15, 0.2) is 35.9 Å². The van der Waals surface area contributed by atoms with Crippen LogP contribution < -0.4 is 5.32 Å². The van der Waals surface area contributed by atoms with Crippen molar-refractivity contribution >= 4 is 17.9 Å². The second-order valence-corrected chi connectivity index (χ2v) is 7.90. The minimum absolute atomic E-state index is 0.0174. The first kappa shape index (κ1) is 15.4. The van der Waals surface area contributed by atoms with Gasteiger partial charge < -0.3 is 10.2 Å². The van der Waals surface area contributed by atoms with Gasteiger partial charge in [-0.2, -0.15) is 0 Å². The van der Waals surface area contributed by atoms with Crippen molar-refractivity contribution in [2.24, 2.45) is 5.41 Å². The highest BCUT2D eigenvalue weighted by molar-refractivity contribution is 6.03. The molecule has 0 radical (unpaired) electrons. The maximum atomic E-state index is 13.3. The summed E-state index contributed by atoms with van der Waals surface area (Å²) in [5, 5.41) is 3.14. The molecule has 0 aromatic heterocycles. The van der Waals surface area contributed by atoms with Crippen LogP contribution in [0.1, 0.15) is 45.1 Å². The van der Waals surface area contributed by atoms with Gasteiger partial charge in [0.25, 0.3) is 5.91 Å². The first-order valence-corrected chi connectivity index (χ1v) is 8.85. The van der Waals surface area contributed by atoms with Gasteiger partial charge in [-0.1, -0.05) is 50.3 Å². The molecule has 24 heavy (non-hydrogen) atoms.